The highest BCUT2D eigenvalue weighted by atomic mass is 35.5. The van der Waals surface area contributed by atoms with Gasteiger partial charge in [0.05, 0.1) is 24.4 Å². The summed E-state index contributed by atoms with van der Waals surface area (Å²) in [5.41, 5.74) is 2.35. The first-order valence-electron chi connectivity index (χ1n) is 6.71. The molecule has 0 saturated carbocycles. The van der Waals surface area contributed by atoms with Crippen molar-refractivity contribution in [2.45, 2.75) is 23.9 Å². The summed E-state index contributed by atoms with van der Waals surface area (Å²) in [6.45, 7) is 0.826. The molecule has 0 spiro atoms. The van der Waals surface area contributed by atoms with Crippen molar-refractivity contribution < 1.29 is 12.8 Å². The first-order chi connectivity index (χ1) is 10.1. The van der Waals surface area contributed by atoms with Crippen molar-refractivity contribution in [1.82, 2.24) is 4.72 Å². The molecule has 1 aromatic carbocycles. The van der Waals surface area contributed by atoms with Crippen LogP contribution in [0.3, 0.4) is 0 Å². The van der Waals surface area contributed by atoms with Crippen LogP contribution < -0.4 is 9.62 Å². The molecule has 1 saturated heterocycles. The molecule has 2 aliphatic heterocycles. The second kappa shape index (κ2) is 4.50. The van der Waals surface area contributed by atoms with Crippen LogP contribution in [0.25, 0.3) is 11.1 Å². The zero-order valence-corrected chi connectivity index (χ0v) is 12.6. The molecule has 21 heavy (non-hydrogen) atoms. The Morgan fingerprint density at radius 1 is 1.38 bits per heavy atom. The molecular weight excluding hydrogens is 312 g/mol. The van der Waals surface area contributed by atoms with Gasteiger partial charge in [0.1, 0.15) is 4.90 Å². The SMILES string of the molecule is O=S1(=O)N[C@H]2CCCN2c2c(-c3ccoc3)cc(Cl)cc21. The predicted octanol–water partition coefficient (Wildman–Crippen LogP) is 2.82. The molecule has 5 nitrogen and oxygen atoms in total. The smallest absolute Gasteiger partial charge is 0.244 e. The molecule has 2 aromatic rings. The summed E-state index contributed by atoms with van der Waals surface area (Å²) in [6.07, 6.45) is 4.77. The van der Waals surface area contributed by atoms with Crippen LogP contribution in [0.15, 0.2) is 40.0 Å². The van der Waals surface area contributed by atoms with E-state index in [4.69, 9.17) is 16.0 Å². The average Bonchev–Trinajstić information content (AvgIpc) is 3.07. The third-order valence-corrected chi connectivity index (χ3v) is 5.68. The molecule has 0 amide bonds. The Balaban J connectivity index is 2.05. The van der Waals surface area contributed by atoms with Gasteiger partial charge in [-0.1, -0.05) is 11.6 Å². The fraction of sp³-hybridized carbons (Fsp3) is 0.286. The monoisotopic (exact) mass is 324 g/mol. The summed E-state index contributed by atoms with van der Waals surface area (Å²) >= 11 is 6.13. The van der Waals surface area contributed by atoms with Crippen LogP contribution >= 0.6 is 11.6 Å². The topological polar surface area (TPSA) is 62.6 Å². The maximum absolute atomic E-state index is 12.5. The van der Waals surface area contributed by atoms with Gasteiger partial charge in [-0.15, -0.1) is 0 Å². The number of furan rings is 1. The number of sulfonamides is 1. The van der Waals surface area contributed by atoms with Crippen LogP contribution in [0, 0.1) is 0 Å². The van der Waals surface area contributed by atoms with Crippen LogP contribution in [-0.4, -0.2) is 21.1 Å². The number of halogens is 1. The normalized spacial score (nSPS) is 22.9. The van der Waals surface area contributed by atoms with Crippen molar-refractivity contribution in [2.75, 3.05) is 11.4 Å². The van der Waals surface area contributed by atoms with Crippen molar-refractivity contribution in [3.63, 3.8) is 0 Å². The number of nitrogens with zero attached hydrogens (tertiary/aromatic N) is 1. The van der Waals surface area contributed by atoms with Crippen LogP contribution in [0.4, 0.5) is 5.69 Å². The van der Waals surface area contributed by atoms with E-state index in [1.807, 2.05) is 6.07 Å². The van der Waals surface area contributed by atoms with E-state index in [1.165, 1.54) is 6.07 Å². The lowest BCUT2D eigenvalue weighted by molar-refractivity contribution is 0.540. The number of hydrogen-bond acceptors (Lipinski definition) is 4. The molecule has 4 rings (SSSR count). The minimum Gasteiger partial charge on any atom is -0.472 e. The molecular formula is C14H13ClN2O3S. The number of rotatable bonds is 1. The highest BCUT2D eigenvalue weighted by Crippen LogP contribution is 2.44. The second-order valence-corrected chi connectivity index (χ2v) is 7.40. The van der Waals surface area contributed by atoms with Gasteiger partial charge in [-0.3, -0.25) is 0 Å². The first kappa shape index (κ1) is 13.2. The Labute approximate surface area is 127 Å². The second-order valence-electron chi connectivity index (χ2n) is 5.28. The highest BCUT2D eigenvalue weighted by molar-refractivity contribution is 7.89. The fourth-order valence-corrected chi connectivity index (χ4v) is 4.89. The predicted molar refractivity (Wildman–Crippen MR) is 79.8 cm³/mol. The lowest BCUT2D eigenvalue weighted by Crippen LogP contribution is -2.49. The lowest BCUT2D eigenvalue weighted by Gasteiger charge is -2.35. The summed E-state index contributed by atoms with van der Waals surface area (Å²) in [4.78, 5) is 2.35. The van der Waals surface area contributed by atoms with E-state index in [0.29, 0.717) is 5.02 Å². The van der Waals surface area contributed by atoms with Gasteiger partial charge in [-0.25, -0.2) is 8.42 Å². The number of benzene rings is 1. The quantitative estimate of drug-likeness (QED) is 0.876. The first-order valence-corrected chi connectivity index (χ1v) is 8.57. The van der Waals surface area contributed by atoms with Gasteiger partial charge in [0.15, 0.2) is 0 Å². The summed E-state index contributed by atoms with van der Waals surface area (Å²) < 4.78 is 32.8. The molecule has 0 bridgehead atoms. The maximum Gasteiger partial charge on any atom is 0.244 e. The van der Waals surface area contributed by atoms with Crippen LogP contribution in [0.1, 0.15) is 12.8 Å². The highest BCUT2D eigenvalue weighted by Gasteiger charge is 2.39. The van der Waals surface area contributed by atoms with Gasteiger partial charge in [0, 0.05) is 22.7 Å². The Bertz CT molecular complexity index is 802. The molecule has 0 aliphatic carbocycles. The number of anilines is 1. The molecule has 7 heteroatoms. The van der Waals surface area contributed by atoms with E-state index in [9.17, 15) is 8.42 Å². The zero-order chi connectivity index (χ0) is 14.6. The minimum atomic E-state index is -3.54. The molecule has 110 valence electrons. The van der Waals surface area contributed by atoms with Crippen molar-refractivity contribution in [1.29, 1.82) is 0 Å². The molecule has 0 radical (unpaired) electrons. The largest absolute Gasteiger partial charge is 0.472 e. The van der Waals surface area contributed by atoms with Crippen LogP contribution in [0.5, 0.6) is 0 Å². The van der Waals surface area contributed by atoms with Crippen LogP contribution in [-0.2, 0) is 10.0 Å². The molecule has 2 aliphatic rings. The Hall–Kier alpha value is -1.50. The van der Waals surface area contributed by atoms with Gasteiger partial charge in [-0.05, 0) is 31.0 Å². The van der Waals surface area contributed by atoms with E-state index < -0.39 is 10.0 Å². The van der Waals surface area contributed by atoms with E-state index >= 15 is 0 Å². The Morgan fingerprint density at radius 2 is 2.24 bits per heavy atom. The standard InChI is InChI=1S/C14H13ClN2O3S/c15-10-6-11(9-3-5-20-8-9)14-12(7-10)21(18,19)16-13-2-1-4-17(13)14/h3,5-8,13,16H,1-2,4H2/t13-/m1/s1. The number of nitrogens with one attached hydrogen (secondary N) is 1. The van der Waals surface area contributed by atoms with Crippen molar-refractivity contribution in [2.24, 2.45) is 0 Å². The lowest BCUT2D eigenvalue weighted by atomic mass is 10.1. The third-order valence-electron chi connectivity index (χ3n) is 3.99. The van der Waals surface area contributed by atoms with Crippen molar-refractivity contribution in [3.8, 4) is 11.1 Å². The van der Waals surface area contributed by atoms with E-state index in [1.54, 1.807) is 18.6 Å². The Morgan fingerprint density at radius 3 is 3.00 bits per heavy atom. The van der Waals surface area contributed by atoms with Gasteiger partial charge in [-0.2, -0.15) is 4.72 Å². The molecule has 1 fully saturated rings. The summed E-state index contributed by atoms with van der Waals surface area (Å²) in [6, 6.07) is 5.12. The molecule has 0 unspecified atom stereocenters. The summed E-state index contributed by atoms with van der Waals surface area (Å²) in [5, 5.41) is 0.396. The molecule has 3 heterocycles. The van der Waals surface area contributed by atoms with Crippen molar-refractivity contribution >= 4 is 27.3 Å². The van der Waals surface area contributed by atoms with Crippen LogP contribution in [0.2, 0.25) is 5.02 Å². The maximum atomic E-state index is 12.5. The van der Waals surface area contributed by atoms with Gasteiger partial charge in [0.2, 0.25) is 10.0 Å². The fourth-order valence-electron chi connectivity index (χ4n) is 3.11. The van der Waals surface area contributed by atoms with E-state index in [0.717, 1.165) is 36.2 Å². The molecule has 1 aromatic heterocycles. The molecule has 1 atom stereocenters. The summed E-state index contributed by atoms with van der Waals surface area (Å²) in [7, 11) is -3.54. The molecule has 1 N–H and O–H groups in total. The Kier molecular flexibility index (Phi) is 2.82. The number of hydrogen-bond donors (Lipinski definition) is 1. The van der Waals surface area contributed by atoms with Crippen molar-refractivity contribution in [3.05, 3.63) is 35.7 Å². The third kappa shape index (κ3) is 1.97. The number of fused-ring (bicyclic) bond motifs is 3. The summed E-state index contributed by atoms with van der Waals surface area (Å²) in [5.74, 6) is 0. The van der Waals surface area contributed by atoms with Gasteiger partial charge in [0.25, 0.3) is 0 Å². The minimum absolute atomic E-state index is 0.172. The average molecular weight is 325 g/mol. The van der Waals surface area contributed by atoms with Gasteiger partial charge < -0.3 is 9.32 Å². The zero-order valence-electron chi connectivity index (χ0n) is 11.0. The van der Waals surface area contributed by atoms with E-state index in [2.05, 4.69) is 9.62 Å². The van der Waals surface area contributed by atoms with Gasteiger partial charge >= 0.3 is 0 Å². The van der Waals surface area contributed by atoms with E-state index in [-0.39, 0.29) is 11.1 Å².